The first-order valence-electron chi connectivity index (χ1n) is 13.7. The average Bonchev–Trinajstić information content (AvgIpc) is 3.77. The molecular formula is C30H31F4N3O4S. The number of rotatable bonds is 11. The van der Waals surface area contributed by atoms with E-state index in [4.69, 9.17) is 4.74 Å². The maximum atomic E-state index is 13.6. The Morgan fingerprint density at radius 1 is 1.00 bits per heavy atom. The number of fused-ring (bicyclic) bond motifs is 1. The molecule has 3 aromatic rings. The predicted molar refractivity (Wildman–Crippen MR) is 147 cm³/mol. The van der Waals surface area contributed by atoms with Crippen molar-refractivity contribution in [3.8, 4) is 5.75 Å². The van der Waals surface area contributed by atoms with Gasteiger partial charge in [-0.25, -0.2) is 17.5 Å². The van der Waals surface area contributed by atoms with Crippen LogP contribution in [0.25, 0.3) is 0 Å². The third-order valence-corrected chi connectivity index (χ3v) is 8.81. The third-order valence-electron chi connectivity index (χ3n) is 7.34. The molecule has 7 nitrogen and oxygen atoms in total. The SMILES string of the molecule is O=C(CC(NS(=O)(=O)c1cccc(C(F)(F)F)c1)c1ccc(F)cc1)NC1CCOc2cc(CNCC3CC3)ccc21. The van der Waals surface area contributed by atoms with E-state index < -0.39 is 44.4 Å². The zero-order valence-corrected chi connectivity index (χ0v) is 23.4. The number of alkyl halides is 3. The topological polar surface area (TPSA) is 96.5 Å². The van der Waals surface area contributed by atoms with Gasteiger partial charge in [-0.2, -0.15) is 13.2 Å². The maximum Gasteiger partial charge on any atom is 0.416 e. The number of sulfonamides is 1. The van der Waals surface area contributed by atoms with E-state index in [1.807, 2.05) is 18.2 Å². The molecule has 0 bridgehead atoms. The predicted octanol–water partition coefficient (Wildman–Crippen LogP) is 5.39. The smallest absolute Gasteiger partial charge is 0.416 e. The van der Waals surface area contributed by atoms with Gasteiger partial charge in [0.15, 0.2) is 0 Å². The zero-order valence-electron chi connectivity index (χ0n) is 22.6. The Morgan fingerprint density at radius 2 is 1.76 bits per heavy atom. The number of hydrogen-bond acceptors (Lipinski definition) is 5. The molecule has 0 aromatic heterocycles. The highest BCUT2D eigenvalue weighted by molar-refractivity contribution is 7.89. The van der Waals surface area contributed by atoms with Crippen molar-refractivity contribution in [2.24, 2.45) is 5.92 Å². The van der Waals surface area contributed by atoms with Gasteiger partial charge in [0.1, 0.15) is 11.6 Å². The molecule has 5 rings (SSSR count). The molecular weight excluding hydrogens is 574 g/mol. The van der Waals surface area contributed by atoms with Crippen molar-refractivity contribution >= 4 is 15.9 Å². The summed E-state index contributed by atoms with van der Waals surface area (Å²) in [4.78, 5) is 12.6. The highest BCUT2D eigenvalue weighted by Gasteiger charge is 2.33. The molecule has 0 saturated heterocycles. The van der Waals surface area contributed by atoms with Gasteiger partial charge in [0.05, 0.1) is 29.1 Å². The molecule has 12 heteroatoms. The summed E-state index contributed by atoms with van der Waals surface area (Å²) in [6.07, 6.45) is -2.10. The molecule has 3 N–H and O–H groups in total. The summed E-state index contributed by atoms with van der Waals surface area (Å²) in [5, 5.41) is 6.37. The number of nitrogens with one attached hydrogen (secondary N) is 3. The van der Waals surface area contributed by atoms with Gasteiger partial charge >= 0.3 is 6.18 Å². The first-order valence-corrected chi connectivity index (χ1v) is 15.2. The van der Waals surface area contributed by atoms with E-state index in [0.29, 0.717) is 31.4 Å². The van der Waals surface area contributed by atoms with Crippen molar-refractivity contribution in [2.75, 3.05) is 13.2 Å². The fraction of sp³-hybridized carbons (Fsp3) is 0.367. The molecule has 224 valence electrons. The number of carbonyl (C=O) groups is 1. The van der Waals surface area contributed by atoms with Crippen LogP contribution in [0.5, 0.6) is 5.75 Å². The molecule has 1 aliphatic heterocycles. The first kappa shape index (κ1) is 30.0. The second kappa shape index (κ2) is 12.4. The molecule has 1 fully saturated rings. The standard InChI is InChI=1S/C30H31F4N3O4S/c31-23-9-7-21(8-10-23)27(37-42(39,40)24-3-1-2-22(15-24)30(32,33)34)16-29(38)36-26-12-13-41-28-14-20(6-11-25(26)28)18-35-17-19-4-5-19/h1-3,6-11,14-15,19,26-27,35,37H,4-5,12-13,16-18H2,(H,36,38). The second-order valence-corrected chi connectivity index (χ2v) is 12.4. The van der Waals surface area contributed by atoms with Crippen molar-refractivity contribution in [1.82, 2.24) is 15.4 Å². The lowest BCUT2D eigenvalue weighted by molar-refractivity contribution is -0.137. The summed E-state index contributed by atoms with van der Waals surface area (Å²) < 4.78 is 87.7. The Kier molecular flexibility index (Phi) is 8.86. The Labute approximate surface area is 241 Å². The molecule has 1 amide bonds. The number of halogens is 4. The molecule has 0 radical (unpaired) electrons. The van der Waals surface area contributed by atoms with E-state index in [0.717, 1.165) is 53.9 Å². The summed E-state index contributed by atoms with van der Waals surface area (Å²) in [6, 6.07) is 12.5. The fourth-order valence-corrected chi connectivity index (χ4v) is 6.16. The summed E-state index contributed by atoms with van der Waals surface area (Å²) in [5.41, 5.74) is 1.00. The Bertz CT molecular complexity index is 1530. The van der Waals surface area contributed by atoms with Gasteiger partial charge in [-0.3, -0.25) is 4.79 Å². The van der Waals surface area contributed by atoms with E-state index in [1.54, 1.807) is 0 Å². The van der Waals surface area contributed by atoms with Crippen LogP contribution < -0.4 is 20.1 Å². The van der Waals surface area contributed by atoms with E-state index >= 15 is 0 Å². The van der Waals surface area contributed by atoms with Crippen LogP contribution in [0, 0.1) is 11.7 Å². The van der Waals surface area contributed by atoms with Crippen LogP contribution in [0.3, 0.4) is 0 Å². The van der Waals surface area contributed by atoms with Crippen molar-refractivity contribution in [2.45, 2.75) is 55.4 Å². The quantitative estimate of drug-likeness (QED) is 0.255. The van der Waals surface area contributed by atoms with E-state index in [-0.39, 0.29) is 18.0 Å². The van der Waals surface area contributed by atoms with Crippen LogP contribution in [0.4, 0.5) is 17.6 Å². The number of hydrogen-bond donors (Lipinski definition) is 3. The molecule has 2 aliphatic rings. The lowest BCUT2D eigenvalue weighted by Gasteiger charge is -2.28. The average molecular weight is 606 g/mol. The highest BCUT2D eigenvalue weighted by Crippen LogP contribution is 2.34. The number of ether oxygens (including phenoxy) is 1. The lowest BCUT2D eigenvalue weighted by atomic mass is 9.98. The van der Waals surface area contributed by atoms with Gasteiger partial charge in [-0.1, -0.05) is 30.3 Å². The van der Waals surface area contributed by atoms with Crippen LogP contribution in [-0.2, 0) is 27.5 Å². The largest absolute Gasteiger partial charge is 0.493 e. The van der Waals surface area contributed by atoms with Crippen LogP contribution in [-0.4, -0.2) is 27.5 Å². The fourth-order valence-electron chi connectivity index (χ4n) is 4.89. The lowest BCUT2D eigenvalue weighted by Crippen LogP contribution is -2.36. The van der Waals surface area contributed by atoms with Gasteiger partial charge in [0, 0.05) is 24.9 Å². The first-order chi connectivity index (χ1) is 20.0. The van der Waals surface area contributed by atoms with Crippen LogP contribution >= 0.6 is 0 Å². The summed E-state index contributed by atoms with van der Waals surface area (Å²) in [5.74, 6) is 0.358. The molecule has 2 unspecified atom stereocenters. The highest BCUT2D eigenvalue weighted by atomic mass is 32.2. The van der Waals surface area contributed by atoms with Crippen molar-refractivity contribution in [3.05, 3.63) is 94.8 Å². The van der Waals surface area contributed by atoms with Gasteiger partial charge in [-0.15, -0.1) is 0 Å². The number of benzene rings is 3. The molecule has 1 aliphatic carbocycles. The van der Waals surface area contributed by atoms with Gasteiger partial charge in [-0.05, 0) is 72.8 Å². The molecule has 2 atom stereocenters. The van der Waals surface area contributed by atoms with Crippen molar-refractivity contribution in [1.29, 1.82) is 0 Å². The molecule has 1 heterocycles. The number of amides is 1. The second-order valence-electron chi connectivity index (χ2n) is 10.7. The van der Waals surface area contributed by atoms with Gasteiger partial charge < -0.3 is 15.4 Å². The van der Waals surface area contributed by atoms with Crippen LogP contribution in [0.15, 0.2) is 71.6 Å². The monoisotopic (exact) mass is 605 g/mol. The van der Waals surface area contributed by atoms with E-state index in [2.05, 4.69) is 15.4 Å². The molecule has 3 aromatic carbocycles. The minimum atomic E-state index is -4.74. The van der Waals surface area contributed by atoms with Crippen LogP contribution in [0.2, 0.25) is 0 Å². The van der Waals surface area contributed by atoms with Crippen molar-refractivity contribution < 1.29 is 35.5 Å². The zero-order chi connectivity index (χ0) is 29.9. The van der Waals surface area contributed by atoms with E-state index in [9.17, 15) is 30.8 Å². The van der Waals surface area contributed by atoms with Gasteiger partial charge in [0.2, 0.25) is 15.9 Å². The summed E-state index contributed by atoms with van der Waals surface area (Å²) >= 11 is 0. The van der Waals surface area contributed by atoms with Crippen molar-refractivity contribution in [3.63, 3.8) is 0 Å². The minimum absolute atomic E-state index is 0.276. The number of carbonyl (C=O) groups excluding carboxylic acids is 1. The Balaban J connectivity index is 1.31. The normalized spacial score (nSPS) is 17.7. The summed E-state index contributed by atoms with van der Waals surface area (Å²) in [7, 11) is -4.49. The van der Waals surface area contributed by atoms with Gasteiger partial charge in [0.25, 0.3) is 0 Å². The molecule has 0 spiro atoms. The molecule has 1 saturated carbocycles. The molecule has 42 heavy (non-hydrogen) atoms. The summed E-state index contributed by atoms with van der Waals surface area (Å²) in [6.45, 7) is 2.05. The third kappa shape index (κ3) is 7.67. The minimum Gasteiger partial charge on any atom is -0.493 e. The van der Waals surface area contributed by atoms with E-state index in [1.165, 1.54) is 25.0 Å². The van der Waals surface area contributed by atoms with Crippen LogP contribution in [0.1, 0.15) is 60.0 Å². The Morgan fingerprint density at radius 3 is 2.48 bits per heavy atom. The maximum absolute atomic E-state index is 13.6. The Hall–Kier alpha value is -3.48.